The molecule has 0 saturated carbocycles. The lowest BCUT2D eigenvalue weighted by Crippen LogP contribution is -2.27. The molecule has 0 aliphatic rings. The molecule has 0 saturated heterocycles. The second-order valence-electron chi connectivity index (χ2n) is 3.18. The van der Waals surface area contributed by atoms with Crippen LogP contribution < -0.4 is 11.3 Å². The Bertz CT molecular complexity index is 335. The van der Waals surface area contributed by atoms with Gasteiger partial charge in [0, 0.05) is 5.75 Å². The lowest BCUT2D eigenvalue weighted by atomic mass is 10.3. The molecule has 4 heteroatoms. The second kappa shape index (κ2) is 7.96. The van der Waals surface area contributed by atoms with E-state index in [1.165, 1.54) is 0 Å². The summed E-state index contributed by atoms with van der Waals surface area (Å²) in [6.45, 7) is 3.69. The molecule has 1 rings (SSSR count). The van der Waals surface area contributed by atoms with Crippen LogP contribution in [0.25, 0.3) is 0 Å². The average Bonchev–Trinajstić information content (AvgIpc) is 2.34. The average molecular weight is 235 g/mol. The van der Waals surface area contributed by atoms with Crippen molar-refractivity contribution in [2.45, 2.75) is 12.8 Å². The standard InChI is InChI=1S/C12H17N3S/c1-2-3-7-10-16-12(15-13)14-11-8-5-4-6-9-11/h2,4-6,8-9H,1,3,7,10,13H2,(H,14,15). The number of para-hydroxylation sites is 1. The number of hydrazine groups is 1. The molecule has 0 aliphatic carbocycles. The van der Waals surface area contributed by atoms with E-state index >= 15 is 0 Å². The number of hydrogen-bond acceptors (Lipinski definition) is 3. The molecule has 0 unspecified atom stereocenters. The molecule has 0 heterocycles. The molecule has 1 aromatic carbocycles. The van der Waals surface area contributed by atoms with Gasteiger partial charge in [-0.3, -0.25) is 0 Å². The fourth-order valence-corrected chi connectivity index (χ4v) is 1.88. The van der Waals surface area contributed by atoms with Crippen LogP contribution in [0.15, 0.2) is 48.0 Å². The van der Waals surface area contributed by atoms with E-state index in [9.17, 15) is 0 Å². The van der Waals surface area contributed by atoms with Gasteiger partial charge >= 0.3 is 0 Å². The van der Waals surface area contributed by atoms with Crippen molar-refractivity contribution in [3.8, 4) is 0 Å². The fraction of sp³-hybridized carbons (Fsp3) is 0.250. The third-order valence-corrected chi connectivity index (χ3v) is 2.88. The van der Waals surface area contributed by atoms with Crippen LogP contribution in [0.4, 0.5) is 5.69 Å². The Morgan fingerprint density at radius 1 is 1.44 bits per heavy atom. The van der Waals surface area contributed by atoms with E-state index in [1.54, 1.807) is 11.8 Å². The Balaban J connectivity index is 2.47. The summed E-state index contributed by atoms with van der Waals surface area (Å²) in [5.74, 6) is 6.40. The summed E-state index contributed by atoms with van der Waals surface area (Å²) in [7, 11) is 0. The summed E-state index contributed by atoms with van der Waals surface area (Å²) in [6.07, 6.45) is 4.03. The highest BCUT2D eigenvalue weighted by molar-refractivity contribution is 8.13. The monoisotopic (exact) mass is 235 g/mol. The highest BCUT2D eigenvalue weighted by atomic mass is 32.2. The Morgan fingerprint density at radius 2 is 2.19 bits per heavy atom. The van der Waals surface area contributed by atoms with Crippen LogP contribution >= 0.6 is 11.8 Å². The zero-order valence-electron chi connectivity index (χ0n) is 9.23. The van der Waals surface area contributed by atoms with Crippen LogP contribution in [0.2, 0.25) is 0 Å². The SMILES string of the molecule is C=CCCCSC(=Nc1ccccc1)NN. The molecule has 0 aromatic heterocycles. The van der Waals surface area contributed by atoms with Crippen molar-refractivity contribution in [3.63, 3.8) is 0 Å². The van der Waals surface area contributed by atoms with Gasteiger partial charge in [-0.1, -0.05) is 36.0 Å². The summed E-state index contributed by atoms with van der Waals surface area (Å²) in [6, 6.07) is 9.76. The lowest BCUT2D eigenvalue weighted by molar-refractivity contribution is 0.974. The molecule has 0 radical (unpaired) electrons. The van der Waals surface area contributed by atoms with Crippen molar-refractivity contribution in [2.75, 3.05) is 5.75 Å². The summed E-state index contributed by atoms with van der Waals surface area (Å²) in [4.78, 5) is 4.39. The summed E-state index contributed by atoms with van der Waals surface area (Å²) in [5.41, 5.74) is 3.52. The number of rotatable bonds is 5. The molecule has 3 nitrogen and oxygen atoms in total. The van der Waals surface area contributed by atoms with E-state index in [2.05, 4.69) is 17.0 Å². The number of nitrogens with one attached hydrogen (secondary N) is 1. The van der Waals surface area contributed by atoms with Gasteiger partial charge in [0.2, 0.25) is 0 Å². The minimum absolute atomic E-state index is 0.746. The molecule has 0 spiro atoms. The molecule has 0 bridgehead atoms. The molecule has 0 atom stereocenters. The van der Waals surface area contributed by atoms with E-state index in [0.29, 0.717) is 0 Å². The first-order chi connectivity index (χ1) is 7.86. The van der Waals surface area contributed by atoms with E-state index in [4.69, 9.17) is 5.84 Å². The zero-order chi connectivity index (χ0) is 11.6. The minimum atomic E-state index is 0.746. The van der Waals surface area contributed by atoms with Crippen molar-refractivity contribution >= 4 is 22.6 Å². The van der Waals surface area contributed by atoms with E-state index in [-0.39, 0.29) is 0 Å². The van der Waals surface area contributed by atoms with Crippen molar-refractivity contribution in [2.24, 2.45) is 10.8 Å². The van der Waals surface area contributed by atoms with E-state index in [0.717, 1.165) is 29.4 Å². The van der Waals surface area contributed by atoms with Crippen LogP contribution in [-0.4, -0.2) is 10.9 Å². The minimum Gasteiger partial charge on any atom is -0.303 e. The van der Waals surface area contributed by atoms with Gasteiger partial charge < -0.3 is 5.43 Å². The molecule has 86 valence electrons. The maximum atomic E-state index is 5.41. The maximum absolute atomic E-state index is 5.41. The van der Waals surface area contributed by atoms with Gasteiger partial charge in [0.15, 0.2) is 5.17 Å². The van der Waals surface area contributed by atoms with Gasteiger partial charge in [-0.2, -0.15) is 0 Å². The number of amidine groups is 1. The molecule has 0 amide bonds. The zero-order valence-corrected chi connectivity index (χ0v) is 10.0. The van der Waals surface area contributed by atoms with Crippen LogP contribution in [0, 0.1) is 0 Å². The Hall–Kier alpha value is -1.26. The van der Waals surface area contributed by atoms with Crippen molar-refractivity contribution in [3.05, 3.63) is 43.0 Å². The van der Waals surface area contributed by atoms with Gasteiger partial charge in [0.05, 0.1) is 5.69 Å². The number of aliphatic imine (C=N–C) groups is 1. The summed E-state index contributed by atoms with van der Waals surface area (Å²) in [5, 5.41) is 0.746. The van der Waals surface area contributed by atoms with Gasteiger partial charge in [-0.05, 0) is 25.0 Å². The van der Waals surface area contributed by atoms with E-state index < -0.39 is 0 Å². The predicted octanol–water partition coefficient (Wildman–Crippen LogP) is 2.84. The topological polar surface area (TPSA) is 50.4 Å². The fourth-order valence-electron chi connectivity index (χ4n) is 1.12. The van der Waals surface area contributed by atoms with Gasteiger partial charge in [0.25, 0.3) is 0 Å². The third-order valence-electron chi connectivity index (χ3n) is 1.90. The summed E-state index contributed by atoms with van der Waals surface area (Å²) < 4.78 is 0. The quantitative estimate of drug-likeness (QED) is 0.206. The highest BCUT2D eigenvalue weighted by Crippen LogP contribution is 2.14. The molecular formula is C12H17N3S. The first kappa shape index (κ1) is 12.8. The number of nitrogens with zero attached hydrogens (tertiary/aromatic N) is 1. The number of unbranched alkanes of at least 4 members (excludes halogenated alkanes) is 1. The number of benzene rings is 1. The smallest absolute Gasteiger partial charge is 0.176 e. The molecule has 3 N–H and O–H groups in total. The van der Waals surface area contributed by atoms with Crippen LogP contribution in [0.5, 0.6) is 0 Å². The van der Waals surface area contributed by atoms with Crippen LogP contribution in [0.1, 0.15) is 12.8 Å². The Morgan fingerprint density at radius 3 is 2.81 bits per heavy atom. The van der Waals surface area contributed by atoms with Gasteiger partial charge in [-0.25, -0.2) is 10.8 Å². The van der Waals surface area contributed by atoms with Gasteiger partial charge in [-0.15, -0.1) is 6.58 Å². The number of nitrogens with two attached hydrogens (primary N) is 1. The molecular weight excluding hydrogens is 218 g/mol. The normalized spacial score (nSPS) is 11.2. The number of allylic oxidation sites excluding steroid dienone is 1. The first-order valence-electron chi connectivity index (χ1n) is 5.21. The highest BCUT2D eigenvalue weighted by Gasteiger charge is 1.97. The Kier molecular flexibility index (Phi) is 6.37. The summed E-state index contributed by atoms with van der Waals surface area (Å²) >= 11 is 1.62. The molecule has 0 aliphatic heterocycles. The predicted molar refractivity (Wildman–Crippen MR) is 72.7 cm³/mol. The lowest BCUT2D eigenvalue weighted by Gasteiger charge is -2.04. The van der Waals surface area contributed by atoms with Crippen molar-refractivity contribution in [1.29, 1.82) is 0 Å². The van der Waals surface area contributed by atoms with Crippen molar-refractivity contribution < 1.29 is 0 Å². The van der Waals surface area contributed by atoms with E-state index in [1.807, 2.05) is 36.4 Å². The second-order valence-corrected chi connectivity index (χ2v) is 4.26. The first-order valence-corrected chi connectivity index (χ1v) is 6.19. The maximum Gasteiger partial charge on any atom is 0.176 e. The largest absolute Gasteiger partial charge is 0.303 e. The Labute approximate surface area is 101 Å². The van der Waals surface area contributed by atoms with Crippen LogP contribution in [0.3, 0.4) is 0 Å². The number of hydrogen-bond donors (Lipinski definition) is 2. The van der Waals surface area contributed by atoms with Crippen LogP contribution in [-0.2, 0) is 0 Å². The van der Waals surface area contributed by atoms with Gasteiger partial charge in [0.1, 0.15) is 0 Å². The number of thioether (sulfide) groups is 1. The molecule has 1 aromatic rings. The molecule has 16 heavy (non-hydrogen) atoms. The molecule has 0 fully saturated rings. The third kappa shape index (κ3) is 5.00. The van der Waals surface area contributed by atoms with Crippen molar-refractivity contribution in [1.82, 2.24) is 5.43 Å².